The number of nitro groups is 1. The molecule has 4 aromatic rings. The molecule has 2 N–H and O–H groups in total. The number of amides is 1. The van der Waals surface area contributed by atoms with E-state index in [0.717, 1.165) is 22.4 Å². The van der Waals surface area contributed by atoms with Gasteiger partial charge in [-0.3, -0.25) is 14.9 Å². The first kappa shape index (κ1) is 22.5. The zero-order valence-electron chi connectivity index (χ0n) is 18.4. The van der Waals surface area contributed by atoms with Crippen LogP contribution in [0.1, 0.15) is 27.3 Å². The molecule has 0 atom stereocenters. The van der Waals surface area contributed by atoms with E-state index in [-0.39, 0.29) is 17.2 Å². The maximum Gasteiger partial charge on any atom is 0.315 e. The first-order valence-electron chi connectivity index (χ1n) is 10.2. The molecule has 34 heavy (non-hydrogen) atoms. The van der Waals surface area contributed by atoms with Crippen molar-refractivity contribution in [2.45, 2.75) is 6.42 Å². The molecule has 4 rings (SSSR count). The number of hydrogen-bond donors (Lipinski definition) is 2. The molecule has 1 amide bonds. The first-order chi connectivity index (χ1) is 16.5. The number of aromatic amines is 1. The van der Waals surface area contributed by atoms with E-state index in [9.17, 15) is 14.9 Å². The fourth-order valence-electron chi connectivity index (χ4n) is 3.48. The summed E-state index contributed by atoms with van der Waals surface area (Å²) in [6, 6.07) is 17.9. The highest BCUT2D eigenvalue weighted by Crippen LogP contribution is 2.37. The van der Waals surface area contributed by atoms with Crippen molar-refractivity contribution in [3.8, 4) is 11.5 Å². The van der Waals surface area contributed by atoms with Crippen molar-refractivity contribution < 1.29 is 19.2 Å². The summed E-state index contributed by atoms with van der Waals surface area (Å²) in [4.78, 5) is 31.1. The molecule has 1 heterocycles. The van der Waals surface area contributed by atoms with Crippen LogP contribution in [-0.4, -0.2) is 41.2 Å². The van der Waals surface area contributed by atoms with Crippen molar-refractivity contribution in [2.75, 3.05) is 14.2 Å². The van der Waals surface area contributed by atoms with Crippen molar-refractivity contribution in [2.24, 2.45) is 5.10 Å². The number of hydrazone groups is 1. The first-order valence-corrected chi connectivity index (χ1v) is 10.2. The van der Waals surface area contributed by atoms with E-state index in [4.69, 9.17) is 9.47 Å². The molecule has 10 heteroatoms. The Bertz CT molecular complexity index is 1380. The van der Waals surface area contributed by atoms with Gasteiger partial charge in [-0.05, 0) is 29.8 Å². The van der Waals surface area contributed by atoms with E-state index in [2.05, 4.69) is 20.5 Å². The highest BCUT2D eigenvalue weighted by atomic mass is 16.6. The Morgan fingerprint density at radius 1 is 1.15 bits per heavy atom. The Morgan fingerprint density at radius 2 is 1.94 bits per heavy atom. The fraction of sp³-hybridized carbons (Fsp3) is 0.125. The molecule has 0 radical (unpaired) electrons. The summed E-state index contributed by atoms with van der Waals surface area (Å²) in [6.45, 7) is 0. The van der Waals surface area contributed by atoms with Gasteiger partial charge in [0, 0.05) is 23.6 Å². The van der Waals surface area contributed by atoms with Gasteiger partial charge in [-0.25, -0.2) is 10.4 Å². The number of imidazole rings is 1. The van der Waals surface area contributed by atoms with Crippen LogP contribution >= 0.6 is 0 Å². The largest absolute Gasteiger partial charge is 0.493 e. The van der Waals surface area contributed by atoms with E-state index >= 15 is 0 Å². The summed E-state index contributed by atoms with van der Waals surface area (Å²) < 4.78 is 10.2. The fourth-order valence-corrected chi connectivity index (χ4v) is 3.48. The lowest BCUT2D eigenvalue weighted by molar-refractivity contribution is -0.385. The number of rotatable bonds is 8. The summed E-state index contributed by atoms with van der Waals surface area (Å²) in [7, 11) is 2.70. The molecular formula is C24H21N5O5. The van der Waals surface area contributed by atoms with Gasteiger partial charge in [0.1, 0.15) is 5.82 Å². The number of carbonyl (C=O) groups is 1. The molecule has 0 aliphatic carbocycles. The van der Waals surface area contributed by atoms with E-state index in [1.165, 1.54) is 32.6 Å². The third kappa shape index (κ3) is 4.85. The van der Waals surface area contributed by atoms with E-state index in [1.807, 2.05) is 30.3 Å². The summed E-state index contributed by atoms with van der Waals surface area (Å²) >= 11 is 0. The number of nitrogens with one attached hydrogen (secondary N) is 2. The number of hydrogen-bond acceptors (Lipinski definition) is 7. The second kappa shape index (κ2) is 9.82. The number of H-pyrrole nitrogens is 1. The van der Waals surface area contributed by atoms with E-state index in [0.29, 0.717) is 17.5 Å². The van der Waals surface area contributed by atoms with Crippen LogP contribution in [0.2, 0.25) is 0 Å². The molecule has 0 unspecified atom stereocenters. The highest BCUT2D eigenvalue weighted by Gasteiger charge is 2.21. The van der Waals surface area contributed by atoms with Gasteiger partial charge in [0.25, 0.3) is 5.91 Å². The maximum atomic E-state index is 12.6. The second-order valence-corrected chi connectivity index (χ2v) is 7.31. The zero-order valence-corrected chi connectivity index (χ0v) is 18.4. The number of nitrogens with zero attached hydrogens (tertiary/aromatic N) is 3. The number of nitro benzene ring substituents is 1. The Hall–Kier alpha value is -4.73. The third-order valence-corrected chi connectivity index (χ3v) is 5.07. The molecule has 0 spiro atoms. The van der Waals surface area contributed by atoms with Gasteiger partial charge in [-0.1, -0.05) is 30.3 Å². The number of fused-ring (bicyclic) bond motifs is 1. The minimum absolute atomic E-state index is 0.00757. The second-order valence-electron chi connectivity index (χ2n) is 7.31. The van der Waals surface area contributed by atoms with Crippen molar-refractivity contribution in [1.29, 1.82) is 0 Å². The van der Waals surface area contributed by atoms with E-state index in [1.54, 1.807) is 18.2 Å². The normalized spacial score (nSPS) is 11.0. The molecule has 172 valence electrons. The van der Waals surface area contributed by atoms with Gasteiger partial charge < -0.3 is 14.5 Å². The summed E-state index contributed by atoms with van der Waals surface area (Å²) in [5.41, 5.74) is 5.52. The van der Waals surface area contributed by atoms with Gasteiger partial charge in [-0.15, -0.1) is 0 Å². The van der Waals surface area contributed by atoms with Crippen LogP contribution in [0.25, 0.3) is 11.0 Å². The molecule has 0 fully saturated rings. The molecule has 0 saturated heterocycles. The molecule has 0 bridgehead atoms. The van der Waals surface area contributed by atoms with Crippen LogP contribution in [0.15, 0.2) is 65.8 Å². The predicted octanol–water partition coefficient (Wildman–Crippen LogP) is 3.84. The molecule has 0 aliphatic rings. The zero-order chi connectivity index (χ0) is 24.1. The SMILES string of the molecule is COc1cc(/C=N\NC(=O)c2ccc3nc(Cc4ccccc4)[nH]c3c2)cc([N+](=O)[O-])c1OC. The lowest BCUT2D eigenvalue weighted by atomic mass is 10.1. The lowest BCUT2D eigenvalue weighted by Crippen LogP contribution is -2.17. The quantitative estimate of drug-likeness (QED) is 0.234. The Balaban J connectivity index is 1.49. The minimum atomic E-state index is -0.580. The van der Waals surface area contributed by atoms with E-state index < -0.39 is 10.8 Å². The van der Waals surface area contributed by atoms with Gasteiger partial charge in [0.15, 0.2) is 5.75 Å². The standard InChI is InChI=1S/C24H21N5O5/c1-33-21-11-16(10-20(29(31)32)23(21)34-2)14-25-28-24(30)17-8-9-18-19(13-17)27-22(26-18)12-15-6-4-3-5-7-15/h3-11,13-14H,12H2,1-2H3,(H,26,27)(H,28,30)/b25-14-. The van der Waals surface area contributed by atoms with Crippen LogP contribution < -0.4 is 14.9 Å². The minimum Gasteiger partial charge on any atom is -0.493 e. The number of ether oxygens (including phenoxy) is 2. The topological polar surface area (TPSA) is 132 Å². The lowest BCUT2D eigenvalue weighted by Gasteiger charge is -2.08. The summed E-state index contributed by atoms with van der Waals surface area (Å²) in [6.07, 6.45) is 1.94. The molecular weight excluding hydrogens is 438 g/mol. The molecule has 1 aromatic heterocycles. The predicted molar refractivity (Wildman–Crippen MR) is 127 cm³/mol. The number of benzene rings is 3. The van der Waals surface area contributed by atoms with Crippen molar-refractivity contribution in [3.05, 3.63) is 93.3 Å². The van der Waals surface area contributed by atoms with Crippen LogP contribution in [-0.2, 0) is 6.42 Å². The Kier molecular flexibility index (Phi) is 6.49. The van der Waals surface area contributed by atoms with Gasteiger partial charge in [0.2, 0.25) is 5.75 Å². The molecule has 0 saturated carbocycles. The number of methoxy groups -OCH3 is 2. The number of aromatic nitrogens is 2. The Labute approximate surface area is 194 Å². The highest BCUT2D eigenvalue weighted by molar-refractivity contribution is 5.98. The monoisotopic (exact) mass is 459 g/mol. The van der Waals surface area contributed by atoms with Crippen molar-refractivity contribution in [3.63, 3.8) is 0 Å². The van der Waals surface area contributed by atoms with Gasteiger partial charge >= 0.3 is 5.69 Å². The van der Waals surface area contributed by atoms with Crippen LogP contribution in [0, 0.1) is 10.1 Å². The van der Waals surface area contributed by atoms with Crippen molar-refractivity contribution in [1.82, 2.24) is 15.4 Å². The van der Waals surface area contributed by atoms with Crippen molar-refractivity contribution >= 4 is 28.8 Å². The average Bonchev–Trinajstić information content (AvgIpc) is 3.25. The van der Waals surface area contributed by atoms with Crippen LogP contribution in [0.4, 0.5) is 5.69 Å². The van der Waals surface area contributed by atoms with Gasteiger partial charge in [0.05, 0.1) is 36.4 Å². The third-order valence-electron chi connectivity index (χ3n) is 5.07. The molecule has 3 aromatic carbocycles. The summed E-state index contributed by atoms with van der Waals surface area (Å²) in [5.74, 6) is 0.549. The number of carbonyl (C=O) groups excluding carboxylic acids is 1. The summed E-state index contributed by atoms with van der Waals surface area (Å²) in [5, 5.41) is 15.2. The smallest absolute Gasteiger partial charge is 0.315 e. The Morgan fingerprint density at radius 3 is 2.65 bits per heavy atom. The van der Waals surface area contributed by atoms with Crippen LogP contribution in [0.3, 0.4) is 0 Å². The average molecular weight is 459 g/mol. The van der Waals surface area contributed by atoms with Crippen LogP contribution in [0.5, 0.6) is 11.5 Å². The maximum absolute atomic E-state index is 12.6. The molecule has 10 nitrogen and oxygen atoms in total. The van der Waals surface area contributed by atoms with Gasteiger partial charge in [-0.2, -0.15) is 5.10 Å². The molecule has 0 aliphatic heterocycles.